The van der Waals surface area contributed by atoms with Gasteiger partial charge < -0.3 is 10.1 Å². The number of aromatic nitrogens is 1. The van der Waals surface area contributed by atoms with Gasteiger partial charge in [-0.3, -0.25) is 0 Å². The fourth-order valence-corrected chi connectivity index (χ4v) is 2.23. The van der Waals surface area contributed by atoms with Crippen LogP contribution in [0.2, 0.25) is 0 Å². The molecule has 0 radical (unpaired) electrons. The molecule has 0 bridgehead atoms. The molecule has 0 saturated carbocycles. The van der Waals surface area contributed by atoms with Gasteiger partial charge in [0.15, 0.2) is 0 Å². The lowest BCUT2D eigenvalue weighted by molar-refractivity contribution is -0.417. The Kier molecular flexibility index (Phi) is 1.89. The maximum absolute atomic E-state index is 11.6. The second kappa shape index (κ2) is 3.24. The normalized spacial score (nSPS) is 20.2. The van der Waals surface area contributed by atoms with Crippen LogP contribution in [0.3, 0.4) is 0 Å². The zero-order valence-electron chi connectivity index (χ0n) is 8.36. The van der Waals surface area contributed by atoms with Crippen molar-refractivity contribution in [2.75, 3.05) is 0 Å². The highest BCUT2D eigenvalue weighted by molar-refractivity contribution is 5.87. The first-order chi connectivity index (χ1) is 7.34. The van der Waals surface area contributed by atoms with Crippen molar-refractivity contribution in [2.24, 2.45) is 0 Å². The van der Waals surface area contributed by atoms with Crippen LogP contribution in [0, 0.1) is 0 Å². The number of rotatable bonds is 0. The largest absolute Gasteiger partial charge is 0.851 e. The van der Waals surface area contributed by atoms with Gasteiger partial charge in [0.2, 0.25) is 0 Å². The fourth-order valence-electron chi connectivity index (χ4n) is 2.23. The Balaban J connectivity index is 2.27. The number of H-pyrrole nitrogens is 1. The van der Waals surface area contributed by atoms with Gasteiger partial charge in [-0.05, 0) is 30.5 Å². The smallest absolute Gasteiger partial charge is 0.0461 e. The summed E-state index contributed by atoms with van der Waals surface area (Å²) < 4.78 is 0. The lowest BCUT2D eigenvalue weighted by Gasteiger charge is -2.18. The van der Waals surface area contributed by atoms with Crippen LogP contribution < -0.4 is 5.11 Å². The minimum atomic E-state index is -0.498. The first-order valence-electron chi connectivity index (χ1n) is 5.26. The Hall–Kier alpha value is -1.54. The summed E-state index contributed by atoms with van der Waals surface area (Å²) in [5.74, 6) is 0. The molecule has 2 nitrogen and oxygen atoms in total. The van der Waals surface area contributed by atoms with Crippen molar-refractivity contribution in [3.05, 3.63) is 41.6 Å². The third kappa shape index (κ3) is 1.38. The third-order valence-electron chi connectivity index (χ3n) is 2.96. The fraction of sp³-hybridized carbons (Fsp3) is 0.231. The Morgan fingerprint density at radius 1 is 1.27 bits per heavy atom. The van der Waals surface area contributed by atoms with Crippen LogP contribution in [-0.4, -0.2) is 11.1 Å². The molecule has 1 aromatic carbocycles. The van der Waals surface area contributed by atoms with Crippen LogP contribution in [0.15, 0.2) is 30.3 Å². The summed E-state index contributed by atoms with van der Waals surface area (Å²) in [6.45, 7) is 0. The van der Waals surface area contributed by atoms with Gasteiger partial charge in [0, 0.05) is 16.6 Å². The summed E-state index contributed by atoms with van der Waals surface area (Å²) in [6, 6.07) is 8.16. The van der Waals surface area contributed by atoms with Crippen molar-refractivity contribution >= 4 is 17.0 Å². The van der Waals surface area contributed by atoms with E-state index < -0.39 is 6.10 Å². The lowest BCUT2D eigenvalue weighted by Crippen LogP contribution is -2.26. The van der Waals surface area contributed by atoms with Crippen molar-refractivity contribution in [1.82, 2.24) is 4.98 Å². The molecule has 1 heterocycles. The number of para-hydroxylation sites is 1. The van der Waals surface area contributed by atoms with E-state index in [9.17, 15) is 5.11 Å². The van der Waals surface area contributed by atoms with Crippen LogP contribution in [0.5, 0.6) is 0 Å². The number of hydrogen-bond acceptors (Lipinski definition) is 1. The highest BCUT2D eigenvalue weighted by Gasteiger charge is 2.11. The van der Waals surface area contributed by atoms with E-state index in [4.69, 9.17) is 0 Å². The van der Waals surface area contributed by atoms with Crippen LogP contribution in [0.4, 0.5) is 0 Å². The van der Waals surface area contributed by atoms with Gasteiger partial charge in [0.05, 0.1) is 0 Å². The first kappa shape index (κ1) is 8.74. The minimum Gasteiger partial charge on any atom is -0.851 e. The topological polar surface area (TPSA) is 38.8 Å². The van der Waals surface area contributed by atoms with Gasteiger partial charge >= 0.3 is 0 Å². The Morgan fingerprint density at radius 2 is 2.13 bits per heavy atom. The van der Waals surface area contributed by atoms with Crippen molar-refractivity contribution in [2.45, 2.75) is 18.9 Å². The number of nitrogens with one attached hydrogen (secondary N) is 1. The van der Waals surface area contributed by atoms with E-state index in [-0.39, 0.29) is 0 Å². The van der Waals surface area contributed by atoms with Gasteiger partial charge in [0.1, 0.15) is 0 Å². The van der Waals surface area contributed by atoms with Gasteiger partial charge in [0.25, 0.3) is 0 Å². The summed E-state index contributed by atoms with van der Waals surface area (Å²) in [6.07, 6.45) is 4.77. The van der Waals surface area contributed by atoms with Gasteiger partial charge in [-0.25, -0.2) is 0 Å². The molecule has 2 aromatic rings. The summed E-state index contributed by atoms with van der Waals surface area (Å²) in [5, 5.41) is 12.8. The molecule has 0 saturated heterocycles. The summed E-state index contributed by atoms with van der Waals surface area (Å²) in [4.78, 5) is 3.35. The Morgan fingerprint density at radius 3 is 3.07 bits per heavy atom. The van der Waals surface area contributed by atoms with Crippen LogP contribution in [0.1, 0.15) is 17.7 Å². The number of fused-ring (bicyclic) bond motifs is 3. The second-order valence-electron chi connectivity index (χ2n) is 4.03. The average Bonchev–Trinajstić information content (AvgIpc) is 2.47. The molecular formula is C13H12NO-. The quantitative estimate of drug-likeness (QED) is 0.689. The number of benzene rings is 1. The molecule has 0 spiro atoms. The predicted molar refractivity (Wildman–Crippen MR) is 59.4 cm³/mol. The first-order valence-corrected chi connectivity index (χ1v) is 5.26. The van der Waals surface area contributed by atoms with E-state index in [0.717, 1.165) is 11.2 Å². The maximum Gasteiger partial charge on any atom is 0.0461 e. The molecule has 15 heavy (non-hydrogen) atoms. The molecular weight excluding hydrogens is 186 g/mol. The Labute approximate surface area is 88.2 Å². The molecule has 0 amide bonds. The number of hydrogen-bond donors (Lipinski definition) is 1. The van der Waals surface area contributed by atoms with E-state index in [1.54, 1.807) is 0 Å². The van der Waals surface area contributed by atoms with Crippen molar-refractivity contribution in [3.8, 4) is 0 Å². The van der Waals surface area contributed by atoms with Gasteiger partial charge in [-0.15, -0.1) is 6.10 Å². The SMILES string of the molecule is [O-][C@H]1CC=Cc2[nH]c3ccccc3c2C1. The third-order valence-corrected chi connectivity index (χ3v) is 2.96. The van der Waals surface area contributed by atoms with E-state index in [0.29, 0.717) is 12.8 Å². The molecule has 1 N–H and O–H groups in total. The number of aromatic amines is 1. The molecule has 1 aromatic heterocycles. The van der Waals surface area contributed by atoms with Crippen LogP contribution in [0.25, 0.3) is 17.0 Å². The molecule has 0 aliphatic heterocycles. The molecule has 1 atom stereocenters. The van der Waals surface area contributed by atoms with E-state index in [2.05, 4.69) is 17.1 Å². The zero-order valence-corrected chi connectivity index (χ0v) is 8.36. The van der Waals surface area contributed by atoms with Crippen molar-refractivity contribution < 1.29 is 5.11 Å². The van der Waals surface area contributed by atoms with Crippen molar-refractivity contribution in [1.29, 1.82) is 0 Å². The average molecular weight is 198 g/mol. The van der Waals surface area contributed by atoms with Gasteiger partial charge in [-0.2, -0.15) is 0 Å². The molecule has 3 rings (SSSR count). The summed E-state index contributed by atoms with van der Waals surface area (Å²) in [5.41, 5.74) is 3.41. The van der Waals surface area contributed by atoms with E-state index in [1.807, 2.05) is 24.3 Å². The molecule has 0 fully saturated rings. The highest BCUT2D eigenvalue weighted by Crippen LogP contribution is 2.26. The Bertz CT molecular complexity index is 524. The standard InChI is InChI=1S/C13H12NO/c15-9-4-3-7-13-11(8-9)10-5-1-2-6-12(10)14-13/h1-3,5-7,9,14H,4,8H2/q-1/t9-/m0/s1. The highest BCUT2D eigenvalue weighted by atomic mass is 16.3. The maximum atomic E-state index is 11.6. The van der Waals surface area contributed by atoms with Gasteiger partial charge in [-0.1, -0.05) is 24.3 Å². The summed E-state index contributed by atoms with van der Waals surface area (Å²) in [7, 11) is 0. The predicted octanol–water partition coefficient (Wildman–Crippen LogP) is 1.86. The van der Waals surface area contributed by atoms with Crippen LogP contribution in [-0.2, 0) is 6.42 Å². The zero-order chi connectivity index (χ0) is 10.3. The van der Waals surface area contributed by atoms with E-state index >= 15 is 0 Å². The second-order valence-corrected chi connectivity index (χ2v) is 4.03. The molecule has 0 unspecified atom stereocenters. The monoisotopic (exact) mass is 198 g/mol. The molecule has 1 aliphatic carbocycles. The molecule has 1 aliphatic rings. The summed E-state index contributed by atoms with van der Waals surface area (Å²) >= 11 is 0. The lowest BCUT2D eigenvalue weighted by atomic mass is 10.0. The molecule has 76 valence electrons. The van der Waals surface area contributed by atoms with Crippen molar-refractivity contribution in [3.63, 3.8) is 0 Å². The minimum absolute atomic E-state index is 0.498. The molecule has 2 heteroatoms. The van der Waals surface area contributed by atoms with E-state index in [1.165, 1.54) is 10.9 Å². The van der Waals surface area contributed by atoms with Crippen LogP contribution >= 0.6 is 0 Å².